The maximum absolute atomic E-state index is 2.52. The number of anilines is 6. The molecule has 2 heteroatoms. The van der Waals surface area contributed by atoms with Gasteiger partial charge >= 0.3 is 0 Å². The van der Waals surface area contributed by atoms with Crippen molar-refractivity contribution in [2.75, 3.05) is 9.80 Å². The van der Waals surface area contributed by atoms with Gasteiger partial charge in [-0.25, -0.2) is 0 Å². The summed E-state index contributed by atoms with van der Waals surface area (Å²) in [6, 6.07) is 97.9. The zero-order chi connectivity index (χ0) is 44.3. The zero-order valence-corrected chi connectivity index (χ0v) is 36.8. The van der Waals surface area contributed by atoms with E-state index in [9.17, 15) is 0 Å². The van der Waals surface area contributed by atoms with Gasteiger partial charge in [0.05, 0.1) is 5.41 Å². The Morgan fingerprint density at radius 1 is 0.239 bits per heavy atom. The van der Waals surface area contributed by atoms with Gasteiger partial charge in [-0.15, -0.1) is 0 Å². The van der Waals surface area contributed by atoms with Crippen molar-refractivity contribution in [1.29, 1.82) is 0 Å². The molecule has 0 N–H and O–H groups in total. The van der Waals surface area contributed by atoms with Crippen LogP contribution in [0.25, 0.3) is 55.3 Å². The Balaban J connectivity index is 1.05. The highest BCUT2D eigenvalue weighted by Crippen LogP contribution is 2.65. The summed E-state index contributed by atoms with van der Waals surface area (Å²) < 4.78 is 0. The summed E-state index contributed by atoms with van der Waals surface area (Å²) >= 11 is 0. The molecular formula is C65H44N2. The van der Waals surface area contributed by atoms with Crippen LogP contribution in [0.5, 0.6) is 0 Å². The fraction of sp³-hybridized carbons (Fsp3) is 0.0154. The van der Waals surface area contributed by atoms with Crippen LogP contribution in [0.3, 0.4) is 0 Å². The van der Waals surface area contributed by atoms with Gasteiger partial charge in [-0.05, 0) is 162 Å². The molecule has 0 heterocycles. The second kappa shape index (κ2) is 15.8. The average Bonchev–Trinajstić information content (AvgIpc) is 3.88. The SMILES string of the molecule is c1ccc(N(c2ccccc2)c2ccc(-c3cc(-c4ccc(N(c5ccccc5)c5ccccc5)cc4)c4c(c3)C3(c5ccccc5-4)c4ccccc4-c4c3ccc3ccccc43)cc2)cc1. The number of fused-ring (bicyclic) bond motifs is 12. The summed E-state index contributed by atoms with van der Waals surface area (Å²) in [5.74, 6) is 0. The molecule has 67 heavy (non-hydrogen) atoms. The second-order valence-electron chi connectivity index (χ2n) is 17.6. The Kier molecular flexibility index (Phi) is 9.11. The van der Waals surface area contributed by atoms with Crippen molar-refractivity contribution < 1.29 is 0 Å². The van der Waals surface area contributed by atoms with Gasteiger partial charge in [-0.1, -0.05) is 182 Å². The van der Waals surface area contributed by atoms with Crippen LogP contribution in [0.1, 0.15) is 22.3 Å². The van der Waals surface area contributed by atoms with Gasteiger partial charge in [0, 0.05) is 34.1 Å². The first-order valence-corrected chi connectivity index (χ1v) is 23.2. The molecule has 0 saturated heterocycles. The van der Waals surface area contributed by atoms with Gasteiger partial charge in [-0.2, -0.15) is 0 Å². The normalized spacial score (nSPS) is 14.0. The molecule has 0 radical (unpaired) electrons. The molecule has 2 aliphatic rings. The predicted molar refractivity (Wildman–Crippen MR) is 280 cm³/mol. The summed E-state index contributed by atoms with van der Waals surface area (Å²) in [6.45, 7) is 0. The fourth-order valence-electron chi connectivity index (χ4n) is 11.2. The summed E-state index contributed by atoms with van der Waals surface area (Å²) in [7, 11) is 0. The Morgan fingerprint density at radius 2 is 0.657 bits per heavy atom. The topological polar surface area (TPSA) is 6.48 Å². The Bertz CT molecular complexity index is 3520. The third kappa shape index (κ3) is 6.11. The molecule has 2 nitrogen and oxygen atoms in total. The van der Waals surface area contributed by atoms with Crippen molar-refractivity contribution in [3.8, 4) is 44.5 Å². The molecule has 0 fully saturated rings. The van der Waals surface area contributed by atoms with Crippen molar-refractivity contribution >= 4 is 44.9 Å². The zero-order valence-electron chi connectivity index (χ0n) is 36.8. The lowest BCUT2D eigenvalue weighted by Crippen LogP contribution is -2.26. The molecule has 0 aromatic heterocycles. The lowest BCUT2D eigenvalue weighted by molar-refractivity contribution is 0.795. The molecule has 0 aliphatic heterocycles. The Hall–Kier alpha value is -8.72. The highest BCUT2D eigenvalue weighted by molar-refractivity contribution is 6.08. The van der Waals surface area contributed by atoms with E-state index in [-0.39, 0.29) is 0 Å². The molecule has 11 aromatic rings. The third-order valence-electron chi connectivity index (χ3n) is 14.0. The molecule has 0 saturated carbocycles. The van der Waals surface area contributed by atoms with E-state index in [2.05, 4.69) is 277 Å². The van der Waals surface area contributed by atoms with Crippen LogP contribution in [-0.2, 0) is 5.41 Å². The number of hydrogen-bond acceptors (Lipinski definition) is 2. The van der Waals surface area contributed by atoms with E-state index in [0.29, 0.717) is 0 Å². The molecule has 0 amide bonds. The van der Waals surface area contributed by atoms with Crippen LogP contribution in [0.4, 0.5) is 34.1 Å². The first kappa shape index (κ1) is 38.7. The number of benzene rings is 11. The van der Waals surface area contributed by atoms with Crippen molar-refractivity contribution in [1.82, 2.24) is 0 Å². The van der Waals surface area contributed by atoms with E-state index < -0.39 is 5.41 Å². The van der Waals surface area contributed by atoms with E-state index in [1.54, 1.807) is 0 Å². The minimum absolute atomic E-state index is 0.526. The van der Waals surface area contributed by atoms with Gasteiger partial charge < -0.3 is 9.80 Å². The standard InChI is InChI=1S/C65H44N2/c1-5-20-49(21-6-1)66(50-22-7-2-8-23-50)53-38-33-45(34-39-53)48-43-58(47-35-40-54(41-36-47)67(51-24-9-3-10-25-51)52-26-11-4-12-27-52)64-57-30-16-18-32-60(57)65(62(64)44-48)59-31-17-15-29-56(59)63-55-28-14-13-19-46(55)37-42-61(63)65/h1-44H. The monoisotopic (exact) mass is 852 g/mol. The van der Waals surface area contributed by atoms with Crippen LogP contribution in [0.15, 0.2) is 267 Å². The highest BCUT2D eigenvalue weighted by atomic mass is 15.1. The fourth-order valence-corrected chi connectivity index (χ4v) is 11.2. The van der Waals surface area contributed by atoms with E-state index >= 15 is 0 Å². The quantitative estimate of drug-likeness (QED) is 0.150. The van der Waals surface area contributed by atoms with Crippen molar-refractivity contribution in [2.24, 2.45) is 0 Å². The van der Waals surface area contributed by atoms with Crippen LogP contribution in [0.2, 0.25) is 0 Å². The predicted octanol–water partition coefficient (Wildman–Crippen LogP) is 17.5. The van der Waals surface area contributed by atoms with Gasteiger partial charge in [0.25, 0.3) is 0 Å². The minimum atomic E-state index is -0.526. The van der Waals surface area contributed by atoms with E-state index in [0.717, 1.165) is 34.1 Å². The van der Waals surface area contributed by atoms with Gasteiger partial charge in [-0.3, -0.25) is 0 Å². The minimum Gasteiger partial charge on any atom is -0.311 e. The molecule has 0 bridgehead atoms. The molecule has 314 valence electrons. The maximum atomic E-state index is 2.52. The largest absolute Gasteiger partial charge is 0.311 e. The second-order valence-corrected chi connectivity index (χ2v) is 17.6. The van der Waals surface area contributed by atoms with Crippen LogP contribution in [0, 0.1) is 0 Å². The molecule has 2 aliphatic carbocycles. The summed E-state index contributed by atoms with van der Waals surface area (Å²) in [6.07, 6.45) is 0. The average molecular weight is 853 g/mol. The number of para-hydroxylation sites is 4. The summed E-state index contributed by atoms with van der Waals surface area (Å²) in [5.41, 5.74) is 21.5. The maximum Gasteiger partial charge on any atom is 0.0726 e. The smallest absolute Gasteiger partial charge is 0.0726 e. The van der Waals surface area contributed by atoms with Crippen LogP contribution in [-0.4, -0.2) is 0 Å². The molecule has 1 spiro atoms. The Morgan fingerprint density at radius 3 is 1.18 bits per heavy atom. The summed E-state index contributed by atoms with van der Waals surface area (Å²) in [4.78, 5) is 4.66. The molecule has 1 unspecified atom stereocenters. The van der Waals surface area contributed by atoms with Crippen LogP contribution < -0.4 is 9.80 Å². The number of rotatable bonds is 8. The van der Waals surface area contributed by atoms with Crippen molar-refractivity contribution in [2.45, 2.75) is 5.41 Å². The molecule has 11 aromatic carbocycles. The molecule has 1 atom stereocenters. The lowest BCUT2D eigenvalue weighted by Gasteiger charge is -2.31. The Labute approximate surface area is 391 Å². The lowest BCUT2D eigenvalue weighted by atomic mass is 9.70. The van der Waals surface area contributed by atoms with E-state index in [1.165, 1.54) is 77.5 Å². The van der Waals surface area contributed by atoms with Gasteiger partial charge in [0.1, 0.15) is 0 Å². The van der Waals surface area contributed by atoms with E-state index in [1.807, 2.05) is 0 Å². The van der Waals surface area contributed by atoms with Crippen molar-refractivity contribution in [3.63, 3.8) is 0 Å². The third-order valence-corrected chi connectivity index (χ3v) is 14.0. The van der Waals surface area contributed by atoms with Gasteiger partial charge in [0.15, 0.2) is 0 Å². The number of hydrogen-bond donors (Lipinski definition) is 0. The first-order chi connectivity index (χ1) is 33.3. The molecular weight excluding hydrogens is 809 g/mol. The summed E-state index contributed by atoms with van der Waals surface area (Å²) in [5, 5.41) is 2.55. The van der Waals surface area contributed by atoms with Crippen LogP contribution >= 0.6 is 0 Å². The number of nitrogens with zero attached hydrogens (tertiary/aromatic N) is 2. The van der Waals surface area contributed by atoms with Gasteiger partial charge in [0.2, 0.25) is 0 Å². The highest BCUT2D eigenvalue weighted by Gasteiger charge is 2.52. The van der Waals surface area contributed by atoms with E-state index in [4.69, 9.17) is 0 Å². The first-order valence-electron chi connectivity index (χ1n) is 23.2. The molecule has 13 rings (SSSR count). The van der Waals surface area contributed by atoms with Crippen molar-refractivity contribution in [3.05, 3.63) is 289 Å².